The quantitative estimate of drug-likeness (QED) is 0.916. The highest BCUT2D eigenvalue weighted by molar-refractivity contribution is 5.91. The molecule has 0 bridgehead atoms. The van der Waals surface area contributed by atoms with Crippen molar-refractivity contribution in [2.45, 2.75) is 40.2 Å². The van der Waals surface area contributed by atoms with Crippen molar-refractivity contribution < 1.29 is 9.18 Å². The Bertz CT molecular complexity index is 632. The lowest BCUT2D eigenvalue weighted by Crippen LogP contribution is -2.12. The molecule has 0 saturated heterocycles. The standard InChI is InChI=1S/C16H20FN3O/c1-4-5-15(21)18-16-11(2)19-20(12(16)3)10-13-6-8-14(17)9-7-13/h6-9H,4-5,10H2,1-3H3,(H,18,21). The van der Waals surface area contributed by atoms with Gasteiger partial charge in [-0.15, -0.1) is 0 Å². The van der Waals surface area contributed by atoms with Gasteiger partial charge >= 0.3 is 0 Å². The van der Waals surface area contributed by atoms with E-state index in [0.717, 1.165) is 29.1 Å². The Morgan fingerprint density at radius 3 is 2.57 bits per heavy atom. The monoisotopic (exact) mass is 289 g/mol. The summed E-state index contributed by atoms with van der Waals surface area (Å²) in [7, 11) is 0. The fourth-order valence-corrected chi connectivity index (χ4v) is 2.22. The van der Waals surface area contributed by atoms with Crippen molar-refractivity contribution in [2.75, 3.05) is 5.32 Å². The van der Waals surface area contributed by atoms with E-state index in [1.807, 2.05) is 25.5 Å². The van der Waals surface area contributed by atoms with Gasteiger partial charge < -0.3 is 5.32 Å². The zero-order chi connectivity index (χ0) is 15.4. The first-order chi connectivity index (χ1) is 10.0. The number of hydrogen-bond donors (Lipinski definition) is 1. The molecule has 0 aliphatic rings. The molecule has 4 nitrogen and oxygen atoms in total. The third-order valence-electron chi connectivity index (χ3n) is 3.37. The van der Waals surface area contributed by atoms with E-state index >= 15 is 0 Å². The molecule has 21 heavy (non-hydrogen) atoms. The number of carbonyl (C=O) groups excluding carboxylic acids is 1. The van der Waals surface area contributed by atoms with Gasteiger partial charge in [0.1, 0.15) is 5.82 Å². The van der Waals surface area contributed by atoms with Gasteiger partial charge in [0.2, 0.25) is 5.91 Å². The normalized spacial score (nSPS) is 10.7. The number of carbonyl (C=O) groups is 1. The van der Waals surface area contributed by atoms with Crippen LogP contribution in [0.15, 0.2) is 24.3 Å². The number of rotatable bonds is 5. The van der Waals surface area contributed by atoms with Crippen LogP contribution < -0.4 is 5.32 Å². The molecular weight excluding hydrogens is 269 g/mol. The van der Waals surface area contributed by atoms with Gasteiger partial charge in [0.25, 0.3) is 0 Å². The lowest BCUT2D eigenvalue weighted by molar-refractivity contribution is -0.116. The third-order valence-corrected chi connectivity index (χ3v) is 3.37. The van der Waals surface area contributed by atoms with Crippen LogP contribution in [-0.4, -0.2) is 15.7 Å². The van der Waals surface area contributed by atoms with E-state index < -0.39 is 0 Å². The average Bonchev–Trinajstić information content (AvgIpc) is 2.69. The van der Waals surface area contributed by atoms with Crippen LogP contribution in [0.4, 0.5) is 10.1 Å². The Labute approximate surface area is 124 Å². The lowest BCUT2D eigenvalue weighted by Gasteiger charge is -2.07. The van der Waals surface area contributed by atoms with Gasteiger partial charge in [0.15, 0.2) is 0 Å². The van der Waals surface area contributed by atoms with E-state index in [-0.39, 0.29) is 11.7 Å². The topological polar surface area (TPSA) is 46.9 Å². The minimum atomic E-state index is -0.250. The zero-order valence-electron chi connectivity index (χ0n) is 12.6. The van der Waals surface area contributed by atoms with Gasteiger partial charge in [-0.25, -0.2) is 4.39 Å². The molecule has 0 saturated carbocycles. The van der Waals surface area contributed by atoms with Crippen molar-refractivity contribution in [2.24, 2.45) is 0 Å². The molecule has 2 aromatic rings. The second-order valence-electron chi connectivity index (χ2n) is 5.13. The van der Waals surface area contributed by atoms with Gasteiger partial charge in [0.05, 0.1) is 23.6 Å². The third kappa shape index (κ3) is 3.68. The minimum Gasteiger partial charge on any atom is -0.323 e. The molecule has 5 heteroatoms. The Kier molecular flexibility index (Phi) is 4.73. The summed E-state index contributed by atoms with van der Waals surface area (Å²) in [6.07, 6.45) is 1.32. The molecule has 0 spiro atoms. The second kappa shape index (κ2) is 6.52. The SMILES string of the molecule is CCCC(=O)Nc1c(C)nn(Cc2ccc(F)cc2)c1C. The molecule has 1 aromatic heterocycles. The van der Waals surface area contributed by atoms with Crippen molar-refractivity contribution in [1.82, 2.24) is 9.78 Å². The molecule has 0 aliphatic heterocycles. The smallest absolute Gasteiger partial charge is 0.224 e. The summed E-state index contributed by atoms with van der Waals surface area (Å²) in [4.78, 5) is 11.7. The highest BCUT2D eigenvalue weighted by Crippen LogP contribution is 2.20. The number of nitrogens with one attached hydrogen (secondary N) is 1. The maximum absolute atomic E-state index is 12.9. The van der Waals surface area contributed by atoms with Gasteiger partial charge in [-0.3, -0.25) is 9.48 Å². The number of nitrogens with zero attached hydrogens (tertiary/aromatic N) is 2. The van der Waals surface area contributed by atoms with Crippen LogP contribution in [0, 0.1) is 19.7 Å². The number of aryl methyl sites for hydroxylation is 1. The molecule has 1 heterocycles. The van der Waals surface area contributed by atoms with Crippen LogP contribution in [0.1, 0.15) is 36.7 Å². The fraction of sp³-hybridized carbons (Fsp3) is 0.375. The van der Waals surface area contributed by atoms with Crippen molar-refractivity contribution in [3.05, 3.63) is 47.0 Å². The highest BCUT2D eigenvalue weighted by Gasteiger charge is 2.14. The molecule has 0 radical (unpaired) electrons. The number of benzene rings is 1. The first-order valence-electron chi connectivity index (χ1n) is 7.09. The maximum Gasteiger partial charge on any atom is 0.224 e. The maximum atomic E-state index is 12.9. The van der Waals surface area contributed by atoms with Crippen LogP contribution in [0.2, 0.25) is 0 Å². The van der Waals surface area contributed by atoms with Crippen LogP contribution in [-0.2, 0) is 11.3 Å². The van der Waals surface area contributed by atoms with E-state index in [1.54, 1.807) is 12.1 Å². The van der Waals surface area contributed by atoms with E-state index in [0.29, 0.717) is 13.0 Å². The first kappa shape index (κ1) is 15.2. The van der Waals surface area contributed by atoms with Crippen LogP contribution in [0.5, 0.6) is 0 Å². The van der Waals surface area contributed by atoms with Crippen LogP contribution in [0.25, 0.3) is 0 Å². The predicted octanol–water partition coefficient (Wildman–Crippen LogP) is 3.43. The molecule has 0 atom stereocenters. The Morgan fingerprint density at radius 2 is 1.95 bits per heavy atom. The summed E-state index contributed by atoms with van der Waals surface area (Å²) in [5.41, 5.74) is 3.43. The largest absolute Gasteiger partial charge is 0.323 e. The average molecular weight is 289 g/mol. The molecule has 0 unspecified atom stereocenters. The Balaban J connectivity index is 2.18. The molecule has 0 fully saturated rings. The lowest BCUT2D eigenvalue weighted by atomic mass is 10.2. The first-order valence-corrected chi connectivity index (χ1v) is 7.09. The predicted molar refractivity (Wildman–Crippen MR) is 80.7 cm³/mol. The van der Waals surface area contributed by atoms with Gasteiger partial charge in [-0.05, 0) is 38.0 Å². The number of anilines is 1. The van der Waals surface area contributed by atoms with E-state index in [9.17, 15) is 9.18 Å². The minimum absolute atomic E-state index is 0.00466. The number of amides is 1. The molecule has 0 aliphatic carbocycles. The Morgan fingerprint density at radius 1 is 1.29 bits per heavy atom. The zero-order valence-corrected chi connectivity index (χ0v) is 12.6. The molecule has 1 amide bonds. The number of halogens is 1. The van der Waals surface area contributed by atoms with Crippen molar-refractivity contribution in [3.8, 4) is 0 Å². The second-order valence-corrected chi connectivity index (χ2v) is 5.13. The highest BCUT2D eigenvalue weighted by atomic mass is 19.1. The van der Waals surface area contributed by atoms with E-state index in [2.05, 4.69) is 10.4 Å². The van der Waals surface area contributed by atoms with Gasteiger partial charge in [-0.1, -0.05) is 19.1 Å². The summed E-state index contributed by atoms with van der Waals surface area (Å²) < 4.78 is 14.7. The summed E-state index contributed by atoms with van der Waals surface area (Å²) in [6, 6.07) is 6.35. The fourth-order valence-electron chi connectivity index (χ4n) is 2.22. The van der Waals surface area contributed by atoms with Crippen molar-refractivity contribution in [1.29, 1.82) is 0 Å². The molecule has 112 valence electrons. The Hall–Kier alpha value is -2.17. The molecule has 2 rings (SSSR count). The molecule has 1 aromatic carbocycles. The number of aromatic nitrogens is 2. The summed E-state index contributed by atoms with van der Waals surface area (Å²) in [6.45, 7) is 6.31. The molecular formula is C16H20FN3O. The van der Waals surface area contributed by atoms with Crippen molar-refractivity contribution in [3.63, 3.8) is 0 Å². The van der Waals surface area contributed by atoms with Gasteiger partial charge in [0, 0.05) is 6.42 Å². The number of hydrogen-bond acceptors (Lipinski definition) is 2. The van der Waals surface area contributed by atoms with E-state index in [4.69, 9.17) is 0 Å². The van der Waals surface area contributed by atoms with Gasteiger partial charge in [-0.2, -0.15) is 5.10 Å². The molecule has 1 N–H and O–H groups in total. The summed E-state index contributed by atoms with van der Waals surface area (Å²) >= 11 is 0. The van der Waals surface area contributed by atoms with E-state index in [1.165, 1.54) is 12.1 Å². The summed E-state index contributed by atoms with van der Waals surface area (Å²) in [5, 5.41) is 7.36. The summed E-state index contributed by atoms with van der Waals surface area (Å²) in [5.74, 6) is -0.246. The van der Waals surface area contributed by atoms with Crippen LogP contribution in [0.3, 0.4) is 0 Å². The van der Waals surface area contributed by atoms with Crippen molar-refractivity contribution >= 4 is 11.6 Å². The van der Waals surface area contributed by atoms with Crippen LogP contribution >= 0.6 is 0 Å².